The summed E-state index contributed by atoms with van der Waals surface area (Å²) in [7, 11) is 3.56. The predicted molar refractivity (Wildman–Crippen MR) is 210 cm³/mol. The predicted octanol–water partition coefficient (Wildman–Crippen LogP) is 6.39. The number of likely N-dealkylation sites (N-methyl/N-ethyl adjacent to an activating group) is 1. The number of unbranched alkanes of at least 4 members (excludes halogenated alkanes) is 3. The Morgan fingerprint density at radius 1 is 1.08 bits per heavy atom. The largest absolute Gasteiger partial charge is 0.468 e. The number of ether oxygens (including phenoxy) is 2. The number of alkyl halides is 1. The number of likely N-dealkylation sites (tertiary alicyclic amines) is 1. The summed E-state index contributed by atoms with van der Waals surface area (Å²) >= 11 is 1.67. The van der Waals surface area contributed by atoms with Crippen molar-refractivity contribution in [2.45, 2.75) is 83.9 Å². The number of primary amides is 1. The Bertz CT molecular complexity index is 1380. The fourth-order valence-corrected chi connectivity index (χ4v) is 6.19. The van der Waals surface area contributed by atoms with Gasteiger partial charge in [-0.1, -0.05) is 59.1 Å². The van der Waals surface area contributed by atoms with Crippen molar-refractivity contribution in [3.8, 4) is 11.5 Å². The molecule has 2 aromatic carbocycles. The second-order valence-corrected chi connectivity index (χ2v) is 13.4. The highest BCUT2D eigenvalue weighted by Gasteiger charge is 2.42. The van der Waals surface area contributed by atoms with Crippen molar-refractivity contribution in [1.29, 1.82) is 0 Å². The Hall–Kier alpha value is -4.30. The number of aldehydes is 1. The number of rotatable bonds is 15. The minimum Gasteiger partial charge on any atom is -0.468 e. The fourth-order valence-electron chi connectivity index (χ4n) is 5.16. The summed E-state index contributed by atoms with van der Waals surface area (Å²) in [5.74, 6) is 1.50. The molecule has 0 radical (unpaired) electrons. The van der Waals surface area contributed by atoms with Crippen molar-refractivity contribution in [3.63, 3.8) is 0 Å². The first kappa shape index (κ1) is 48.7. The molecule has 1 fully saturated rings. The van der Waals surface area contributed by atoms with E-state index in [1.54, 1.807) is 43.1 Å². The highest BCUT2D eigenvalue weighted by Crippen LogP contribution is 2.34. The van der Waals surface area contributed by atoms with Crippen LogP contribution in [-0.4, -0.2) is 87.6 Å². The number of nitrogens with two attached hydrogens (primary N) is 2. The number of nitrogens with zero attached hydrogens (tertiary/aromatic N) is 2. The lowest BCUT2D eigenvalue weighted by atomic mass is 9.89. The van der Waals surface area contributed by atoms with Gasteiger partial charge >= 0.3 is 0 Å². The molecule has 4 rings (SSSR count). The molecule has 0 spiro atoms. The molecule has 5 N–H and O–H groups in total. The fraction of sp³-hybridized carbons (Fsp3) is 0.513. The summed E-state index contributed by atoms with van der Waals surface area (Å²) in [5, 5.41) is 5.30. The molecule has 2 aliphatic rings. The molecule has 0 aromatic heterocycles. The van der Waals surface area contributed by atoms with Crippen LogP contribution in [0.15, 0.2) is 64.5 Å². The number of benzene rings is 2. The topological polar surface area (TPSA) is 166 Å². The van der Waals surface area contributed by atoms with Crippen LogP contribution in [0.3, 0.4) is 0 Å². The van der Waals surface area contributed by atoms with E-state index >= 15 is 0 Å². The maximum absolute atomic E-state index is 13.1. The highest BCUT2D eigenvalue weighted by molar-refractivity contribution is 8.03. The minimum absolute atomic E-state index is 0.00847. The van der Waals surface area contributed by atoms with E-state index in [9.17, 15) is 23.2 Å². The van der Waals surface area contributed by atoms with Gasteiger partial charge in [0.2, 0.25) is 12.3 Å². The number of halogens is 2. The van der Waals surface area contributed by atoms with Gasteiger partial charge in [0.15, 0.2) is 0 Å². The van der Waals surface area contributed by atoms with E-state index in [0.717, 1.165) is 30.3 Å². The monoisotopic (exact) mass is 763 g/mol. The zero-order chi connectivity index (χ0) is 40.1. The van der Waals surface area contributed by atoms with Gasteiger partial charge in [-0.3, -0.25) is 28.7 Å². The van der Waals surface area contributed by atoms with E-state index in [1.807, 2.05) is 50.3 Å². The van der Waals surface area contributed by atoms with E-state index in [1.165, 1.54) is 31.4 Å². The first-order chi connectivity index (χ1) is 25.5. The maximum atomic E-state index is 13.1. The van der Waals surface area contributed by atoms with E-state index in [2.05, 4.69) is 27.7 Å². The number of nitrogens with one attached hydrogen (secondary N) is 1. The Labute approximate surface area is 318 Å². The number of carbonyl (C=O) groups is 4. The van der Waals surface area contributed by atoms with Gasteiger partial charge in [-0.15, -0.1) is 11.8 Å². The van der Waals surface area contributed by atoms with Gasteiger partial charge in [0.25, 0.3) is 6.47 Å². The number of hydrogen-bond acceptors (Lipinski definition) is 9. The number of amides is 2. The molecule has 296 valence electrons. The van der Waals surface area contributed by atoms with Crippen LogP contribution in [0.25, 0.3) is 0 Å². The lowest BCUT2D eigenvalue weighted by Crippen LogP contribution is -2.43. The third-order valence-electron chi connectivity index (χ3n) is 7.87. The third kappa shape index (κ3) is 20.5. The van der Waals surface area contributed by atoms with Crippen LogP contribution in [0.4, 0.5) is 8.78 Å². The molecule has 2 aliphatic heterocycles. The van der Waals surface area contributed by atoms with Gasteiger partial charge in [-0.2, -0.15) is 0 Å². The number of hydrogen-bond donors (Lipinski definition) is 3. The van der Waals surface area contributed by atoms with Crippen LogP contribution in [0.2, 0.25) is 0 Å². The normalized spacial score (nSPS) is 18.8. The minimum atomic E-state index is -0.403. The molecule has 0 saturated carbocycles. The maximum Gasteiger partial charge on any atom is 0.293 e. The van der Waals surface area contributed by atoms with Crippen LogP contribution >= 0.6 is 11.8 Å². The van der Waals surface area contributed by atoms with Gasteiger partial charge in [0.05, 0.1) is 19.3 Å². The third-order valence-corrected chi connectivity index (χ3v) is 9.01. The zero-order valence-electron chi connectivity index (χ0n) is 32.0. The Balaban J connectivity index is 0.000000771. The number of amidine groups is 1. The molecule has 0 aliphatic carbocycles. The van der Waals surface area contributed by atoms with Gasteiger partial charge in [0, 0.05) is 42.8 Å². The van der Waals surface area contributed by atoms with E-state index in [0.29, 0.717) is 61.6 Å². The molecule has 14 heteroatoms. The number of thioether (sulfide) groups is 1. The Morgan fingerprint density at radius 3 is 2.19 bits per heavy atom. The first-order valence-corrected chi connectivity index (χ1v) is 18.7. The van der Waals surface area contributed by atoms with Gasteiger partial charge in [-0.25, -0.2) is 4.39 Å². The van der Waals surface area contributed by atoms with Crippen LogP contribution < -0.4 is 21.5 Å². The molecule has 2 aromatic rings. The smallest absolute Gasteiger partial charge is 0.293 e. The summed E-state index contributed by atoms with van der Waals surface area (Å²) in [6.45, 7) is 9.97. The zero-order valence-corrected chi connectivity index (χ0v) is 32.8. The molecule has 53 heavy (non-hydrogen) atoms. The van der Waals surface area contributed by atoms with Crippen molar-refractivity contribution in [1.82, 2.24) is 10.2 Å². The number of carbonyl (C=O) groups excluding carboxylic acids is 4. The summed E-state index contributed by atoms with van der Waals surface area (Å²) in [4.78, 5) is 46.8. The summed E-state index contributed by atoms with van der Waals surface area (Å²) in [5.41, 5.74) is 11.5. The SMILES string of the molecule is CC.CCCCCCOC=O.CN=C(N)C1=CSC(CNC(=O)C2CC(C)(CF)CN2C)C1.NC=O.O=CCc1ccc(Oc2ccc(F)cc2)cc1. The Kier molecular flexibility index (Phi) is 26.8. The average molecular weight is 764 g/mol. The second-order valence-electron chi connectivity index (χ2n) is 12.3. The van der Waals surface area contributed by atoms with Gasteiger partial charge in [-0.05, 0) is 73.7 Å². The lowest BCUT2D eigenvalue weighted by molar-refractivity contribution is -0.129. The lowest BCUT2D eigenvalue weighted by Gasteiger charge is -2.19. The summed E-state index contributed by atoms with van der Waals surface area (Å²) < 4.78 is 35.8. The van der Waals surface area contributed by atoms with Crippen LogP contribution in [0, 0.1) is 11.2 Å². The van der Waals surface area contributed by atoms with Crippen molar-refractivity contribution < 1.29 is 37.4 Å². The molecular formula is C39H59F2N5O6S. The van der Waals surface area contributed by atoms with Crippen molar-refractivity contribution in [2.24, 2.45) is 21.9 Å². The van der Waals surface area contributed by atoms with Crippen LogP contribution in [0.5, 0.6) is 11.5 Å². The molecule has 3 unspecified atom stereocenters. The van der Waals surface area contributed by atoms with E-state index in [4.69, 9.17) is 15.3 Å². The molecule has 11 nitrogen and oxygen atoms in total. The average Bonchev–Trinajstić information content (AvgIpc) is 3.78. The molecular weight excluding hydrogens is 705 g/mol. The highest BCUT2D eigenvalue weighted by atomic mass is 32.2. The summed E-state index contributed by atoms with van der Waals surface area (Å²) in [6.07, 6.45) is 7.53. The van der Waals surface area contributed by atoms with Gasteiger partial charge in [0.1, 0.15) is 29.4 Å². The van der Waals surface area contributed by atoms with Crippen molar-refractivity contribution in [2.75, 3.05) is 40.5 Å². The van der Waals surface area contributed by atoms with E-state index < -0.39 is 5.41 Å². The van der Waals surface area contributed by atoms with E-state index in [-0.39, 0.29) is 30.9 Å². The number of aliphatic imine (C=N–C) groups is 1. The van der Waals surface area contributed by atoms with Gasteiger partial charge < -0.3 is 31.1 Å². The molecule has 2 amide bonds. The summed E-state index contributed by atoms with van der Waals surface area (Å²) in [6, 6.07) is 12.8. The molecule has 2 heterocycles. The first-order valence-electron chi connectivity index (χ1n) is 17.8. The molecule has 0 bridgehead atoms. The van der Waals surface area contributed by atoms with Crippen LogP contribution in [0.1, 0.15) is 71.8 Å². The van der Waals surface area contributed by atoms with Crippen molar-refractivity contribution >= 4 is 42.7 Å². The standard InChI is InChI=1S/C15H25FN4OS.C14H11FO2.C7H14O2.C2H6.CH3NO/c1-15(8-16)5-12(20(3)9-15)14(21)19-6-11-4-10(7-22-11)13(17)18-2;15-12-3-7-14(8-4-12)17-13-5-1-11(2-6-13)9-10-16;1-2-3-4-5-6-9-7-8;1-2;2-1-3/h7,11-12H,4-6,8-9H2,1-3H3,(H2,17,18)(H,19,21);1-8,10H,9H2;7H,2-6H2,1H3;1-2H3;1H,(H2,2,3). The van der Waals surface area contributed by atoms with Crippen LogP contribution in [-0.2, 0) is 30.3 Å². The molecule has 3 atom stereocenters. The Morgan fingerprint density at radius 2 is 1.68 bits per heavy atom. The van der Waals surface area contributed by atoms with Crippen molar-refractivity contribution in [3.05, 3.63) is 70.9 Å². The molecule has 1 saturated heterocycles. The second kappa shape index (κ2) is 29.2. The quantitative estimate of drug-likeness (QED) is 0.0807.